The summed E-state index contributed by atoms with van der Waals surface area (Å²) in [6, 6.07) is 16.0. The molecule has 54 heavy (non-hydrogen) atoms. The smallest absolute Gasteiger partial charge is 0.330 e. The third kappa shape index (κ3) is 9.38. The topological polar surface area (TPSA) is 158 Å². The molecule has 0 bridgehead atoms. The number of carbonyl (C=O) groups excluding carboxylic acids is 4. The molecule has 1 saturated heterocycles. The van der Waals surface area contributed by atoms with Gasteiger partial charge >= 0.3 is 16.1 Å². The number of Topliss-reactive ketones (excluding diaryl/α,β-unsaturated/α-hetero) is 1. The van der Waals surface area contributed by atoms with Crippen molar-refractivity contribution in [1.82, 2.24) is 9.80 Å². The third-order valence-corrected chi connectivity index (χ3v) is 10.5. The van der Waals surface area contributed by atoms with Gasteiger partial charge in [0.05, 0.1) is 28.7 Å². The molecule has 3 unspecified atom stereocenters. The van der Waals surface area contributed by atoms with Crippen molar-refractivity contribution in [2.24, 2.45) is 5.10 Å². The number of hydrazone groups is 1. The van der Waals surface area contributed by atoms with E-state index in [-0.39, 0.29) is 41.8 Å². The van der Waals surface area contributed by atoms with Crippen LogP contribution in [0.3, 0.4) is 0 Å². The number of amides is 4. The lowest BCUT2D eigenvalue weighted by Crippen LogP contribution is -2.57. The molecule has 0 radical (unpaired) electrons. The van der Waals surface area contributed by atoms with Gasteiger partial charge in [-0.1, -0.05) is 68.1 Å². The largest absolute Gasteiger partial charge is 0.382 e. The molecule has 3 atom stereocenters. The zero-order chi connectivity index (χ0) is 39.0. The Morgan fingerprint density at radius 2 is 1.72 bits per heavy atom. The summed E-state index contributed by atoms with van der Waals surface area (Å²) < 4.78 is 36.5. The fourth-order valence-electron chi connectivity index (χ4n) is 6.18. The summed E-state index contributed by atoms with van der Waals surface area (Å²) in [6.45, 7) is 3.70. The van der Waals surface area contributed by atoms with Gasteiger partial charge in [-0.3, -0.25) is 24.3 Å². The van der Waals surface area contributed by atoms with E-state index < -0.39 is 52.1 Å². The predicted molar refractivity (Wildman–Crippen MR) is 207 cm³/mol. The van der Waals surface area contributed by atoms with Crippen LogP contribution in [-0.2, 0) is 35.8 Å². The summed E-state index contributed by atoms with van der Waals surface area (Å²) in [7, 11) is -0.195. The first-order valence-corrected chi connectivity index (χ1v) is 19.7. The third-order valence-electron chi connectivity index (χ3n) is 8.94. The SMILES string of the molecule is CCCCCCS(=O)(=O)Oc1ccc(Cl)c(NC(=O)C(C(=O)C2CC=NN2c2ccc(N(C)C)cc2)N2C(=O)C(OCC)N(Cc3ccccc3)C2=O)c1. The number of halogens is 1. The molecule has 5 rings (SSSR count). The normalized spacial score (nSPS) is 17.6. The molecule has 3 aromatic rings. The average molecular weight is 781 g/mol. The molecule has 3 aromatic carbocycles. The number of benzene rings is 3. The first-order valence-electron chi connectivity index (χ1n) is 17.8. The van der Waals surface area contributed by atoms with Gasteiger partial charge in [-0.05, 0) is 55.3 Å². The molecule has 2 heterocycles. The molecule has 16 heteroatoms. The van der Waals surface area contributed by atoms with Crippen molar-refractivity contribution in [3.63, 3.8) is 0 Å². The standard InChI is InChI=1S/C38H45ClN6O8S/c1-5-7-8-12-23-54(50,51)53-29-19-20-30(39)31(24-29)41-35(47)33(34(46)32-21-22-40-45(32)28-17-15-27(16-18-28)42(3)4)44-36(48)37(52-6-2)43(38(44)49)25-26-13-10-9-11-14-26/h9-11,13-20,22,24,32-33,37H,5-8,12,21,23,25H2,1-4H3,(H,41,47). The Kier molecular flexibility index (Phi) is 13.3. The Balaban J connectivity index is 1.49. The van der Waals surface area contributed by atoms with Crippen LogP contribution in [0.15, 0.2) is 77.9 Å². The van der Waals surface area contributed by atoms with E-state index in [1.807, 2.05) is 44.1 Å². The molecule has 14 nitrogen and oxygen atoms in total. The number of carbonyl (C=O) groups is 4. The van der Waals surface area contributed by atoms with Crippen LogP contribution in [0.25, 0.3) is 0 Å². The summed E-state index contributed by atoms with van der Waals surface area (Å²) in [4.78, 5) is 61.2. The van der Waals surface area contributed by atoms with Gasteiger partial charge in [0.2, 0.25) is 6.23 Å². The number of unbranched alkanes of at least 4 members (excludes halogenated alkanes) is 3. The monoisotopic (exact) mass is 780 g/mol. The summed E-state index contributed by atoms with van der Waals surface area (Å²) in [5.41, 5.74) is 2.05. The van der Waals surface area contributed by atoms with Crippen molar-refractivity contribution in [3.05, 3.63) is 83.4 Å². The minimum Gasteiger partial charge on any atom is -0.382 e. The highest BCUT2D eigenvalue weighted by Gasteiger charge is 2.54. The number of ether oxygens (including phenoxy) is 1. The maximum Gasteiger partial charge on any atom is 0.330 e. The van der Waals surface area contributed by atoms with Crippen LogP contribution < -0.4 is 19.4 Å². The second kappa shape index (κ2) is 17.9. The number of urea groups is 1. The number of hydrogen-bond acceptors (Lipinski definition) is 11. The predicted octanol–water partition coefficient (Wildman–Crippen LogP) is 5.66. The van der Waals surface area contributed by atoms with Crippen LogP contribution in [0.1, 0.15) is 51.5 Å². The van der Waals surface area contributed by atoms with Crippen LogP contribution in [0.4, 0.5) is 21.9 Å². The van der Waals surface area contributed by atoms with Crippen LogP contribution in [0.2, 0.25) is 5.02 Å². The number of rotatable bonds is 18. The molecular formula is C38H45ClN6O8S. The molecule has 0 saturated carbocycles. The summed E-state index contributed by atoms with van der Waals surface area (Å²) in [5.74, 6) is -3.08. The van der Waals surface area contributed by atoms with Crippen molar-refractivity contribution in [2.75, 3.05) is 41.7 Å². The van der Waals surface area contributed by atoms with Crippen molar-refractivity contribution in [2.45, 2.75) is 70.8 Å². The fraction of sp³-hybridized carbons (Fsp3) is 0.395. The van der Waals surface area contributed by atoms with Crippen LogP contribution in [0.5, 0.6) is 5.75 Å². The van der Waals surface area contributed by atoms with E-state index in [2.05, 4.69) is 10.4 Å². The number of nitrogens with zero attached hydrogens (tertiary/aromatic N) is 5. The Hall–Kier alpha value is -4.99. The Labute approximate surface area is 320 Å². The Morgan fingerprint density at radius 1 is 1.00 bits per heavy atom. The number of nitrogens with one attached hydrogen (secondary N) is 1. The highest BCUT2D eigenvalue weighted by Crippen LogP contribution is 2.32. The van der Waals surface area contributed by atoms with Crippen molar-refractivity contribution in [1.29, 1.82) is 0 Å². The first-order chi connectivity index (χ1) is 25.8. The van der Waals surface area contributed by atoms with Crippen LogP contribution in [-0.4, -0.2) is 92.8 Å². The van der Waals surface area contributed by atoms with Gasteiger partial charge in [0.1, 0.15) is 11.8 Å². The van der Waals surface area contributed by atoms with Crippen LogP contribution >= 0.6 is 11.6 Å². The van der Waals surface area contributed by atoms with Gasteiger partial charge in [0.15, 0.2) is 11.8 Å². The van der Waals surface area contributed by atoms with Gasteiger partial charge in [-0.2, -0.15) is 13.5 Å². The number of hydrogen-bond donors (Lipinski definition) is 1. The summed E-state index contributed by atoms with van der Waals surface area (Å²) >= 11 is 6.46. The van der Waals surface area contributed by atoms with E-state index in [4.69, 9.17) is 20.5 Å². The molecular weight excluding hydrogens is 736 g/mol. The van der Waals surface area contributed by atoms with Crippen molar-refractivity contribution < 1.29 is 36.5 Å². The molecule has 1 N–H and O–H groups in total. The second-order valence-corrected chi connectivity index (χ2v) is 15.2. The van der Waals surface area contributed by atoms with Crippen molar-refractivity contribution in [3.8, 4) is 5.75 Å². The first kappa shape index (κ1) is 40.2. The van der Waals surface area contributed by atoms with Gasteiger partial charge in [0.25, 0.3) is 11.8 Å². The molecule has 2 aliphatic heterocycles. The fourth-order valence-corrected chi connectivity index (χ4v) is 7.38. The highest BCUT2D eigenvalue weighted by atomic mass is 35.5. The molecule has 0 aromatic heterocycles. The van der Waals surface area contributed by atoms with E-state index in [0.29, 0.717) is 22.6 Å². The molecule has 2 aliphatic rings. The van der Waals surface area contributed by atoms with E-state index in [0.717, 1.165) is 24.9 Å². The van der Waals surface area contributed by atoms with Gasteiger partial charge in [0, 0.05) is 45.1 Å². The molecule has 4 amide bonds. The molecule has 288 valence electrons. The maximum absolute atomic E-state index is 14.7. The number of ketones is 1. The lowest BCUT2D eigenvalue weighted by molar-refractivity contribution is -0.148. The molecule has 0 spiro atoms. The quantitative estimate of drug-likeness (QED) is 0.0739. The molecule has 0 aliphatic carbocycles. The Bertz CT molecular complexity index is 1960. The van der Waals surface area contributed by atoms with Gasteiger partial charge in [-0.15, -0.1) is 0 Å². The lowest BCUT2D eigenvalue weighted by Gasteiger charge is -2.30. The minimum atomic E-state index is -3.97. The lowest BCUT2D eigenvalue weighted by atomic mass is 10.00. The Morgan fingerprint density at radius 3 is 2.39 bits per heavy atom. The summed E-state index contributed by atoms with van der Waals surface area (Å²) in [6.07, 6.45) is 3.16. The van der Waals surface area contributed by atoms with E-state index in [1.54, 1.807) is 43.3 Å². The van der Waals surface area contributed by atoms with Crippen LogP contribution in [0, 0.1) is 0 Å². The molecule has 1 fully saturated rings. The highest BCUT2D eigenvalue weighted by molar-refractivity contribution is 7.87. The number of imide groups is 1. The average Bonchev–Trinajstić information content (AvgIpc) is 3.72. The second-order valence-electron chi connectivity index (χ2n) is 13.1. The summed E-state index contributed by atoms with van der Waals surface area (Å²) in [5, 5.41) is 8.41. The van der Waals surface area contributed by atoms with Crippen molar-refractivity contribution >= 4 is 68.6 Å². The minimum absolute atomic E-state index is 0.00831. The van der Waals surface area contributed by atoms with E-state index >= 15 is 0 Å². The maximum atomic E-state index is 14.7. The number of anilines is 3. The van der Waals surface area contributed by atoms with E-state index in [9.17, 15) is 27.6 Å². The van der Waals surface area contributed by atoms with Gasteiger partial charge < -0.3 is 19.1 Å². The zero-order valence-electron chi connectivity index (χ0n) is 30.7. The zero-order valence-corrected chi connectivity index (χ0v) is 32.3. The van der Waals surface area contributed by atoms with Gasteiger partial charge in [-0.25, -0.2) is 9.69 Å². The van der Waals surface area contributed by atoms with E-state index in [1.165, 1.54) is 34.3 Å².